The Kier molecular flexibility index (Phi) is 4.79. The molecule has 3 nitrogen and oxygen atoms in total. The van der Waals surface area contributed by atoms with Crippen molar-refractivity contribution in [1.82, 2.24) is 4.98 Å². The third-order valence-electron chi connectivity index (χ3n) is 3.42. The Morgan fingerprint density at radius 2 is 1.78 bits per heavy atom. The number of rotatable bonds is 4. The molecule has 0 bridgehead atoms. The minimum atomic E-state index is -0.137. The molecule has 0 atom stereocenters. The molecule has 0 radical (unpaired) electrons. The number of carbonyl (C=O) groups is 1. The molecule has 1 heterocycles. The quantitative estimate of drug-likeness (QED) is 0.672. The van der Waals surface area contributed by atoms with Crippen LogP contribution in [0.3, 0.4) is 0 Å². The topological polar surface area (TPSA) is 42.0 Å². The Bertz CT molecular complexity index is 808. The number of amides is 1. The summed E-state index contributed by atoms with van der Waals surface area (Å²) in [5, 5.41) is 5.43. The highest BCUT2D eigenvalue weighted by Crippen LogP contribution is 2.25. The van der Waals surface area contributed by atoms with Gasteiger partial charge in [0.1, 0.15) is 0 Å². The maximum Gasteiger partial charge on any atom is 0.257 e. The zero-order valence-electron chi connectivity index (χ0n) is 12.9. The van der Waals surface area contributed by atoms with Crippen LogP contribution in [0.4, 0.5) is 5.13 Å². The first-order valence-corrected chi connectivity index (χ1v) is 9.24. The monoisotopic (exact) mass is 340 g/mol. The van der Waals surface area contributed by atoms with Gasteiger partial charge in [-0.15, -0.1) is 23.1 Å². The molecule has 1 N–H and O–H groups in total. The van der Waals surface area contributed by atoms with Crippen LogP contribution in [-0.4, -0.2) is 17.1 Å². The minimum Gasteiger partial charge on any atom is -0.298 e. The summed E-state index contributed by atoms with van der Waals surface area (Å²) in [5.74, 6) is -0.137. The Balaban J connectivity index is 1.73. The van der Waals surface area contributed by atoms with Crippen LogP contribution in [0.25, 0.3) is 11.3 Å². The van der Waals surface area contributed by atoms with Crippen LogP contribution in [0.5, 0.6) is 0 Å². The summed E-state index contributed by atoms with van der Waals surface area (Å²) in [6, 6.07) is 15.7. The van der Waals surface area contributed by atoms with E-state index in [4.69, 9.17) is 0 Å². The molecule has 5 heteroatoms. The van der Waals surface area contributed by atoms with Crippen molar-refractivity contribution in [3.05, 3.63) is 65.0 Å². The second-order valence-corrected chi connectivity index (χ2v) is 6.82. The van der Waals surface area contributed by atoms with Gasteiger partial charge in [0, 0.05) is 21.4 Å². The fourth-order valence-corrected chi connectivity index (χ4v) is 3.22. The number of thioether (sulfide) groups is 1. The standard InChI is InChI=1S/C18H16N2OS2/c1-12-3-5-13(6-4-12)16-11-23-18(19-16)20-17(21)14-7-9-15(22-2)10-8-14/h3-11H,1-2H3,(H,19,20,21). The van der Waals surface area contributed by atoms with Gasteiger partial charge in [-0.1, -0.05) is 29.8 Å². The lowest BCUT2D eigenvalue weighted by Crippen LogP contribution is -2.11. The van der Waals surface area contributed by atoms with E-state index in [-0.39, 0.29) is 5.91 Å². The largest absolute Gasteiger partial charge is 0.298 e. The predicted molar refractivity (Wildman–Crippen MR) is 98.5 cm³/mol. The van der Waals surface area contributed by atoms with Crippen LogP contribution < -0.4 is 5.32 Å². The average Bonchev–Trinajstić information content (AvgIpc) is 3.04. The third-order valence-corrected chi connectivity index (χ3v) is 4.93. The van der Waals surface area contributed by atoms with E-state index in [9.17, 15) is 4.79 Å². The zero-order chi connectivity index (χ0) is 16.2. The Morgan fingerprint density at radius 3 is 2.43 bits per heavy atom. The first kappa shape index (κ1) is 15.8. The van der Waals surface area contributed by atoms with Crippen molar-refractivity contribution in [2.24, 2.45) is 0 Å². The Hall–Kier alpha value is -2.11. The highest BCUT2D eigenvalue weighted by molar-refractivity contribution is 7.98. The molecule has 2 aromatic carbocycles. The van der Waals surface area contributed by atoms with Gasteiger partial charge in [-0.25, -0.2) is 4.98 Å². The lowest BCUT2D eigenvalue weighted by Gasteiger charge is -2.02. The van der Waals surface area contributed by atoms with E-state index in [2.05, 4.69) is 29.4 Å². The summed E-state index contributed by atoms with van der Waals surface area (Å²) < 4.78 is 0. The zero-order valence-corrected chi connectivity index (χ0v) is 14.5. The summed E-state index contributed by atoms with van der Waals surface area (Å²) >= 11 is 3.09. The predicted octanol–water partition coefficient (Wildman–Crippen LogP) is 5.09. The van der Waals surface area contributed by atoms with Crippen molar-refractivity contribution < 1.29 is 4.79 Å². The van der Waals surface area contributed by atoms with Crippen molar-refractivity contribution in [3.63, 3.8) is 0 Å². The molecule has 0 aliphatic carbocycles. The van der Waals surface area contributed by atoms with Crippen LogP contribution in [-0.2, 0) is 0 Å². The molecule has 0 saturated heterocycles. The molecular formula is C18H16N2OS2. The van der Waals surface area contributed by atoms with E-state index >= 15 is 0 Å². The van der Waals surface area contributed by atoms with Crippen molar-refractivity contribution in [2.45, 2.75) is 11.8 Å². The maximum atomic E-state index is 12.3. The van der Waals surface area contributed by atoms with E-state index < -0.39 is 0 Å². The minimum absolute atomic E-state index is 0.137. The Labute approximate surface area is 143 Å². The lowest BCUT2D eigenvalue weighted by molar-refractivity contribution is 0.102. The maximum absolute atomic E-state index is 12.3. The van der Waals surface area contributed by atoms with Gasteiger partial charge in [0.15, 0.2) is 5.13 Å². The number of carbonyl (C=O) groups excluding carboxylic acids is 1. The number of nitrogens with one attached hydrogen (secondary N) is 1. The summed E-state index contributed by atoms with van der Waals surface area (Å²) in [6.45, 7) is 2.05. The molecule has 0 saturated carbocycles. The average molecular weight is 340 g/mol. The van der Waals surface area contributed by atoms with Crippen LogP contribution in [0, 0.1) is 6.92 Å². The van der Waals surface area contributed by atoms with Crippen molar-refractivity contribution >= 4 is 34.1 Å². The van der Waals surface area contributed by atoms with Crippen LogP contribution in [0.1, 0.15) is 15.9 Å². The molecule has 0 aliphatic heterocycles. The fourth-order valence-electron chi connectivity index (χ4n) is 2.10. The molecule has 3 rings (SSSR count). The van der Waals surface area contributed by atoms with Crippen molar-refractivity contribution in [2.75, 3.05) is 11.6 Å². The second kappa shape index (κ2) is 6.98. The van der Waals surface area contributed by atoms with Gasteiger partial charge in [-0.05, 0) is 37.4 Å². The molecule has 0 unspecified atom stereocenters. The first-order chi connectivity index (χ1) is 11.2. The van der Waals surface area contributed by atoms with Crippen molar-refractivity contribution in [3.8, 4) is 11.3 Å². The number of benzene rings is 2. The lowest BCUT2D eigenvalue weighted by atomic mass is 10.1. The van der Waals surface area contributed by atoms with Crippen LogP contribution in [0.15, 0.2) is 58.8 Å². The SMILES string of the molecule is CSc1ccc(C(=O)Nc2nc(-c3ccc(C)cc3)cs2)cc1. The number of anilines is 1. The number of aromatic nitrogens is 1. The van der Waals surface area contributed by atoms with Gasteiger partial charge in [-0.3, -0.25) is 10.1 Å². The summed E-state index contributed by atoms with van der Waals surface area (Å²) in [4.78, 5) is 17.9. The smallest absolute Gasteiger partial charge is 0.257 e. The second-order valence-electron chi connectivity index (χ2n) is 5.09. The normalized spacial score (nSPS) is 10.5. The van der Waals surface area contributed by atoms with E-state index in [1.54, 1.807) is 11.8 Å². The number of thiazole rings is 1. The summed E-state index contributed by atoms with van der Waals surface area (Å²) in [7, 11) is 0. The number of nitrogens with zero attached hydrogens (tertiary/aromatic N) is 1. The molecule has 1 aromatic heterocycles. The number of aryl methyl sites for hydroxylation is 1. The molecule has 3 aromatic rings. The number of hydrogen-bond acceptors (Lipinski definition) is 4. The van der Waals surface area contributed by atoms with Gasteiger partial charge in [0.25, 0.3) is 5.91 Å². The molecule has 23 heavy (non-hydrogen) atoms. The van der Waals surface area contributed by atoms with Crippen molar-refractivity contribution in [1.29, 1.82) is 0 Å². The Morgan fingerprint density at radius 1 is 1.09 bits per heavy atom. The van der Waals surface area contributed by atoms with E-state index in [1.165, 1.54) is 16.9 Å². The van der Waals surface area contributed by atoms with Gasteiger partial charge >= 0.3 is 0 Å². The van der Waals surface area contributed by atoms with E-state index in [0.717, 1.165) is 16.2 Å². The van der Waals surface area contributed by atoms with Gasteiger partial charge in [-0.2, -0.15) is 0 Å². The van der Waals surface area contributed by atoms with Gasteiger partial charge in [0.2, 0.25) is 0 Å². The molecule has 0 spiro atoms. The third kappa shape index (κ3) is 3.81. The number of hydrogen-bond donors (Lipinski definition) is 1. The molecule has 1 amide bonds. The van der Waals surface area contributed by atoms with Crippen LogP contribution in [0.2, 0.25) is 0 Å². The van der Waals surface area contributed by atoms with Gasteiger partial charge < -0.3 is 0 Å². The molecule has 0 aliphatic rings. The van der Waals surface area contributed by atoms with E-state index in [0.29, 0.717) is 10.7 Å². The molecule has 0 fully saturated rings. The van der Waals surface area contributed by atoms with Crippen LogP contribution >= 0.6 is 23.1 Å². The molecular weight excluding hydrogens is 324 g/mol. The van der Waals surface area contributed by atoms with E-state index in [1.807, 2.05) is 48.0 Å². The summed E-state index contributed by atoms with van der Waals surface area (Å²) in [6.07, 6.45) is 2.01. The molecule has 116 valence electrons. The fraction of sp³-hybridized carbons (Fsp3) is 0.111. The summed E-state index contributed by atoms with van der Waals surface area (Å²) in [5.41, 5.74) is 3.78. The first-order valence-electron chi connectivity index (χ1n) is 7.13. The highest BCUT2D eigenvalue weighted by Gasteiger charge is 2.10. The van der Waals surface area contributed by atoms with Gasteiger partial charge in [0.05, 0.1) is 5.69 Å². The highest BCUT2D eigenvalue weighted by atomic mass is 32.2.